The highest BCUT2D eigenvalue weighted by molar-refractivity contribution is 7.09. The summed E-state index contributed by atoms with van der Waals surface area (Å²) in [6, 6.07) is 0.865. The second-order valence-electron chi connectivity index (χ2n) is 7.78. The van der Waals surface area contributed by atoms with Gasteiger partial charge in [-0.3, -0.25) is 14.5 Å². The first-order valence-corrected chi connectivity index (χ1v) is 10.6. The molecule has 1 saturated heterocycles. The van der Waals surface area contributed by atoms with E-state index in [0.717, 1.165) is 17.5 Å². The summed E-state index contributed by atoms with van der Waals surface area (Å²) in [5.74, 6) is -1.65. The van der Waals surface area contributed by atoms with Crippen LogP contribution in [0.15, 0.2) is 28.6 Å². The van der Waals surface area contributed by atoms with Crippen LogP contribution in [0.3, 0.4) is 0 Å². The third-order valence-electron chi connectivity index (χ3n) is 5.93. The van der Waals surface area contributed by atoms with Crippen molar-refractivity contribution in [1.29, 1.82) is 0 Å². The van der Waals surface area contributed by atoms with Gasteiger partial charge in [-0.2, -0.15) is 0 Å². The van der Waals surface area contributed by atoms with E-state index in [9.17, 15) is 14.7 Å². The van der Waals surface area contributed by atoms with Gasteiger partial charge in [-0.25, -0.2) is 14.2 Å². The highest BCUT2D eigenvalue weighted by atomic mass is 32.1. The maximum atomic E-state index is 15.3. The molecule has 0 bridgehead atoms. The Kier molecular flexibility index (Phi) is 4.59. The minimum atomic E-state index is -1.36. The Balaban J connectivity index is 1.61. The predicted molar refractivity (Wildman–Crippen MR) is 114 cm³/mol. The number of benzene rings is 1. The summed E-state index contributed by atoms with van der Waals surface area (Å²) in [5.41, 5.74) is 5.85. The van der Waals surface area contributed by atoms with Gasteiger partial charge >= 0.3 is 5.97 Å². The Hall–Kier alpha value is -3.18. The second kappa shape index (κ2) is 7.20. The van der Waals surface area contributed by atoms with E-state index >= 15 is 4.39 Å². The lowest BCUT2D eigenvalue weighted by atomic mass is 10.0. The number of carboxylic acids is 1. The van der Waals surface area contributed by atoms with Gasteiger partial charge < -0.3 is 20.5 Å². The third-order valence-corrected chi connectivity index (χ3v) is 6.81. The third kappa shape index (κ3) is 3.03. The molecule has 5 rings (SSSR count). The van der Waals surface area contributed by atoms with Gasteiger partial charge in [-0.15, -0.1) is 11.3 Å². The Morgan fingerprint density at radius 2 is 2.29 bits per heavy atom. The fourth-order valence-corrected chi connectivity index (χ4v) is 5.09. The van der Waals surface area contributed by atoms with Crippen LogP contribution in [0, 0.1) is 11.7 Å². The lowest BCUT2D eigenvalue weighted by molar-refractivity contribution is 0.0694. The first-order valence-electron chi connectivity index (χ1n) is 9.76. The number of nitrogens with two attached hydrogens (primary N) is 1. The van der Waals surface area contributed by atoms with Crippen LogP contribution in [0.25, 0.3) is 10.9 Å². The van der Waals surface area contributed by atoms with Crippen molar-refractivity contribution in [2.45, 2.75) is 12.5 Å². The zero-order chi connectivity index (χ0) is 21.9. The second-order valence-corrected chi connectivity index (χ2v) is 8.70. The highest BCUT2D eigenvalue weighted by Crippen LogP contribution is 2.43. The number of carbonyl (C=O) groups is 1. The molecule has 0 aliphatic carbocycles. The molecule has 2 unspecified atom stereocenters. The molecule has 9 nitrogen and oxygen atoms in total. The predicted octanol–water partition coefficient (Wildman–Crippen LogP) is 1.74. The van der Waals surface area contributed by atoms with Crippen molar-refractivity contribution in [3.8, 4) is 5.75 Å². The summed E-state index contributed by atoms with van der Waals surface area (Å²) < 4.78 is 22.7. The van der Waals surface area contributed by atoms with E-state index in [0.29, 0.717) is 18.6 Å². The molecule has 0 spiro atoms. The van der Waals surface area contributed by atoms with Crippen LogP contribution in [0.1, 0.15) is 27.8 Å². The van der Waals surface area contributed by atoms with Gasteiger partial charge in [-0.05, 0) is 18.4 Å². The van der Waals surface area contributed by atoms with Gasteiger partial charge in [0.25, 0.3) is 0 Å². The first-order chi connectivity index (χ1) is 14.9. The van der Waals surface area contributed by atoms with E-state index in [1.807, 2.05) is 10.3 Å². The van der Waals surface area contributed by atoms with E-state index < -0.39 is 22.8 Å². The van der Waals surface area contributed by atoms with Crippen LogP contribution in [0.5, 0.6) is 5.75 Å². The van der Waals surface area contributed by atoms with Crippen LogP contribution >= 0.6 is 11.3 Å². The molecule has 0 saturated carbocycles. The van der Waals surface area contributed by atoms with E-state index in [4.69, 9.17) is 10.5 Å². The number of aromatic nitrogens is 2. The van der Waals surface area contributed by atoms with Crippen molar-refractivity contribution in [1.82, 2.24) is 9.66 Å². The van der Waals surface area contributed by atoms with E-state index in [2.05, 4.69) is 4.98 Å². The largest absolute Gasteiger partial charge is 0.477 e. The summed E-state index contributed by atoms with van der Waals surface area (Å²) in [4.78, 5) is 30.4. The van der Waals surface area contributed by atoms with Gasteiger partial charge in [0, 0.05) is 37.9 Å². The van der Waals surface area contributed by atoms with Gasteiger partial charge in [0.1, 0.15) is 21.8 Å². The molecular formula is C20H20FN5O4S. The number of nitrogens with zero attached hydrogens (tertiary/aromatic N) is 4. The summed E-state index contributed by atoms with van der Waals surface area (Å²) >= 11 is 1.50. The van der Waals surface area contributed by atoms with Crippen molar-refractivity contribution in [3.05, 3.63) is 50.5 Å². The van der Waals surface area contributed by atoms with Gasteiger partial charge in [0.05, 0.1) is 11.4 Å². The van der Waals surface area contributed by atoms with Crippen molar-refractivity contribution < 1.29 is 19.0 Å². The fourth-order valence-electron chi connectivity index (χ4n) is 4.35. The molecule has 11 heteroatoms. The Bertz CT molecular complexity index is 1240. The van der Waals surface area contributed by atoms with Crippen LogP contribution < -0.4 is 25.8 Å². The first kappa shape index (κ1) is 19.8. The number of carboxylic acid groups (broad SMARTS) is 1. The highest BCUT2D eigenvalue weighted by Gasteiger charge is 2.35. The molecule has 2 atom stereocenters. The van der Waals surface area contributed by atoms with Crippen LogP contribution in [-0.2, 0) is 0 Å². The number of hydrogen-bond donors (Lipinski definition) is 2. The number of aromatic carboxylic acids is 1. The molecular weight excluding hydrogens is 425 g/mol. The molecule has 2 aliphatic heterocycles. The zero-order valence-corrected chi connectivity index (χ0v) is 17.4. The summed E-state index contributed by atoms with van der Waals surface area (Å²) in [5, 5.41) is 13.7. The average Bonchev–Trinajstić information content (AvgIpc) is 3.43. The minimum Gasteiger partial charge on any atom is -0.477 e. The van der Waals surface area contributed by atoms with Crippen molar-refractivity contribution >= 4 is 33.9 Å². The van der Waals surface area contributed by atoms with Crippen LogP contribution in [-0.4, -0.2) is 47.6 Å². The number of hydrogen-bond acceptors (Lipinski definition) is 8. The topological polar surface area (TPSA) is 114 Å². The SMILES string of the molecule is CN1COc2c(N3CCC(C(N)c4nccs4)C3)c(F)cc3c(=O)c(C(=O)O)cn1c23. The average molecular weight is 445 g/mol. The monoisotopic (exact) mass is 445 g/mol. The summed E-state index contributed by atoms with van der Waals surface area (Å²) in [6.45, 7) is 1.18. The molecule has 2 aliphatic rings. The molecule has 31 heavy (non-hydrogen) atoms. The number of pyridine rings is 1. The number of thiazole rings is 1. The molecule has 0 radical (unpaired) electrons. The lowest BCUT2D eigenvalue weighted by Crippen LogP contribution is -2.40. The molecule has 3 aromatic rings. The van der Waals surface area contributed by atoms with Crippen LogP contribution in [0.4, 0.5) is 10.1 Å². The standard InChI is InChI=1S/C20H20FN5O4S/c1-24-9-30-18-15-11(17(27)12(20(28)29)8-26(15)24)6-13(21)16(18)25-4-2-10(7-25)14(22)19-23-3-5-31-19/h3,5-6,8,10,14H,2,4,7,9,22H2,1H3,(H,28,29). The van der Waals surface area contributed by atoms with E-state index in [-0.39, 0.29) is 35.5 Å². The number of rotatable bonds is 4. The quantitative estimate of drug-likeness (QED) is 0.624. The molecule has 3 N–H and O–H groups in total. The summed E-state index contributed by atoms with van der Waals surface area (Å²) in [6.07, 6.45) is 3.74. The maximum Gasteiger partial charge on any atom is 0.341 e. The van der Waals surface area contributed by atoms with Crippen LogP contribution in [0.2, 0.25) is 0 Å². The van der Waals surface area contributed by atoms with E-state index in [1.54, 1.807) is 18.3 Å². The molecule has 2 aromatic heterocycles. The molecule has 162 valence electrons. The van der Waals surface area contributed by atoms with Crippen molar-refractivity contribution in [2.75, 3.05) is 36.8 Å². The van der Waals surface area contributed by atoms with E-state index in [1.165, 1.54) is 22.2 Å². The van der Waals surface area contributed by atoms with Crippen molar-refractivity contribution in [3.63, 3.8) is 0 Å². The Morgan fingerprint density at radius 1 is 1.48 bits per heavy atom. The maximum absolute atomic E-state index is 15.3. The Labute approximate surface area is 180 Å². The van der Waals surface area contributed by atoms with Gasteiger partial charge in [0.15, 0.2) is 18.3 Å². The summed E-state index contributed by atoms with van der Waals surface area (Å²) in [7, 11) is 1.69. The molecule has 1 aromatic carbocycles. The molecule has 4 heterocycles. The molecule has 0 amide bonds. The van der Waals surface area contributed by atoms with Gasteiger partial charge in [-0.1, -0.05) is 0 Å². The number of anilines is 1. The smallest absolute Gasteiger partial charge is 0.341 e. The fraction of sp³-hybridized carbons (Fsp3) is 0.350. The van der Waals surface area contributed by atoms with Gasteiger partial charge in [0.2, 0.25) is 5.43 Å². The zero-order valence-electron chi connectivity index (χ0n) is 16.6. The minimum absolute atomic E-state index is 0.0297. The lowest BCUT2D eigenvalue weighted by Gasteiger charge is -2.33. The normalized spacial score (nSPS) is 19.0. The number of ether oxygens (including phenoxy) is 1. The Morgan fingerprint density at radius 3 is 3.00 bits per heavy atom. The van der Waals surface area contributed by atoms with Crippen molar-refractivity contribution in [2.24, 2.45) is 11.7 Å². The number of halogens is 1. The molecule has 1 fully saturated rings.